The summed E-state index contributed by atoms with van der Waals surface area (Å²) in [5.41, 5.74) is 0.812. The first-order valence-electron chi connectivity index (χ1n) is 9.09. The zero-order valence-electron chi connectivity index (χ0n) is 17.0. The van der Waals surface area contributed by atoms with Crippen LogP contribution in [0.1, 0.15) is 26.3 Å². The predicted octanol–water partition coefficient (Wildman–Crippen LogP) is 2.33. The van der Waals surface area contributed by atoms with E-state index in [9.17, 15) is 9.90 Å². The molecule has 0 aromatic heterocycles. The maximum absolute atomic E-state index is 12.3. The molecule has 0 unspecified atom stereocenters. The van der Waals surface area contributed by atoms with E-state index in [-0.39, 0.29) is 42.2 Å². The summed E-state index contributed by atoms with van der Waals surface area (Å²) in [7, 11) is 3.42. The summed E-state index contributed by atoms with van der Waals surface area (Å²) in [6.45, 7) is 8.85. The lowest BCUT2D eigenvalue weighted by molar-refractivity contribution is -0.131. The van der Waals surface area contributed by atoms with Crippen molar-refractivity contribution >= 4 is 35.8 Å². The number of nitrogens with one attached hydrogen (secondary N) is 1. The second-order valence-electron chi connectivity index (χ2n) is 5.90. The van der Waals surface area contributed by atoms with E-state index in [0.717, 1.165) is 12.1 Å². The minimum absolute atomic E-state index is 0. The van der Waals surface area contributed by atoms with Gasteiger partial charge in [0, 0.05) is 39.3 Å². The Labute approximate surface area is 179 Å². The number of amides is 1. The number of methoxy groups -OCH3 is 1. The molecule has 0 saturated carbocycles. The largest absolute Gasteiger partial charge is 0.508 e. The molecular formula is C19H33IN4O3. The highest BCUT2D eigenvalue weighted by atomic mass is 127. The van der Waals surface area contributed by atoms with Crippen molar-refractivity contribution in [3.8, 4) is 11.5 Å². The first kappa shape index (κ1) is 25.3. The fourth-order valence-corrected chi connectivity index (χ4v) is 2.59. The molecule has 0 fully saturated rings. The molecule has 0 bridgehead atoms. The van der Waals surface area contributed by atoms with Crippen molar-refractivity contribution in [1.29, 1.82) is 0 Å². The summed E-state index contributed by atoms with van der Waals surface area (Å²) in [6, 6.07) is 5.25. The molecule has 7 nitrogen and oxygen atoms in total. The van der Waals surface area contributed by atoms with Crippen LogP contribution in [0.15, 0.2) is 23.2 Å². The zero-order valence-corrected chi connectivity index (χ0v) is 19.3. The second kappa shape index (κ2) is 13.5. The number of hydrogen-bond donors (Lipinski definition) is 2. The molecule has 1 rings (SSSR count). The molecule has 8 heteroatoms. The fourth-order valence-electron chi connectivity index (χ4n) is 2.59. The maximum Gasteiger partial charge on any atom is 0.242 e. The molecule has 1 aromatic rings. The summed E-state index contributed by atoms with van der Waals surface area (Å²) in [4.78, 5) is 20.5. The summed E-state index contributed by atoms with van der Waals surface area (Å²) in [5, 5.41) is 13.2. The number of hydrogen-bond acceptors (Lipinski definition) is 4. The van der Waals surface area contributed by atoms with E-state index >= 15 is 0 Å². The molecule has 0 aliphatic heterocycles. The lowest BCUT2D eigenvalue weighted by Crippen LogP contribution is -2.45. The van der Waals surface area contributed by atoms with Gasteiger partial charge in [-0.3, -0.25) is 9.79 Å². The third-order valence-corrected chi connectivity index (χ3v) is 4.12. The maximum atomic E-state index is 12.3. The van der Waals surface area contributed by atoms with Crippen LogP contribution in [0.2, 0.25) is 0 Å². The topological polar surface area (TPSA) is 77.4 Å². The number of ether oxygens (including phenoxy) is 1. The van der Waals surface area contributed by atoms with Crippen molar-refractivity contribution in [2.75, 3.05) is 46.9 Å². The number of halogens is 1. The highest BCUT2D eigenvalue weighted by molar-refractivity contribution is 14.0. The number of carbonyl (C=O) groups is 1. The number of carbonyl (C=O) groups excluding carboxylic acids is 1. The van der Waals surface area contributed by atoms with Crippen LogP contribution in [-0.2, 0) is 11.2 Å². The molecule has 1 amide bonds. The molecule has 0 aliphatic rings. The minimum Gasteiger partial charge on any atom is -0.508 e. The van der Waals surface area contributed by atoms with Crippen LogP contribution in [0, 0.1) is 0 Å². The van der Waals surface area contributed by atoms with Gasteiger partial charge in [-0.05, 0) is 38.8 Å². The van der Waals surface area contributed by atoms with E-state index < -0.39 is 0 Å². The number of likely N-dealkylation sites (N-methyl/N-ethyl adjacent to an activating group) is 2. The Balaban J connectivity index is 0.00000676. The van der Waals surface area contributed by atoms with Crippen LogP contribution in [0.5, 0.6) is 11.5 Å². The molecule has 0 atom stereocenters. The summed E-state index contributed by atoms with van der Waals surface area (Å²) in [5.74, 6) is 1.59. The second-order valence-corrected chi connectivity index (χ2v) is 5.90. The monoisotopic (exact) mass is 492 g/mol. The van der Waals surface area contributed by atoms with Crippen LogP contribution in [0.4, 0.5) is 0 Å². The number of rotatable bonds is 9. The number of phenolic OH excluding ortho intramolecular Hbond substituents is 1. The predicted molar refractivity (Wildman–Crippen MR) is 120 cm³/mol. The molecule has 0 heterocycles. The van der Waals surface area contributed by atoms with Gasteiger partial charge in [0.15, 0.2) is 5.96 Å². The van der Waals surface area contributed by atoms with Gasteiger partial charge in [-0.2, -0.15) is 0 Å². The lowest BCUT2D eigenvalue weighted by atomic mass is 10.1. The standard InChI is InChI=1S/C19H32N4O3.HI/c1-6-20-19(22(4)14-18(25)23(7-2)8-3)21-12-11-15-9-10-16(26-5)13-17(15)24;/h9-10,13,24H,6-8,11-12,14H2,1-5H3,(H,20,21);1H. The first-order chi connectivity index (χ1) is 12.5. The lowest BCUT2D eigenvalue weighted by Gasteiger charge is -2.25. The molecule has 2 N–H and O–H groups in total. The first-order valence-corrected chi connectivity index (χ1v) is 9.09. The zero-order chi connectivity index (χ0) is 19.5. The van der Waals surface area contributed by atoms with Gasteiger partial charge < -0.3 is 25.0 Å². The smallest absolute Gasteiger partial charge is 0.242 e. The van der Waals surface area contributed by atoms with E-state index in [0.29, 0.717) is 37.8 Å². The van der Waals surface area contributed by atoms with Gasteiger partial charge in [0.25, 0.3) is 0 Å². The van der Waals surface area contributed by atoms with Crippen molar-refractivity contribution in [2.45, 2.75) is 27.2 Å². The highest BCUT2D eigenvalue weighted by Gasteiger charge is 2.15. The number of aromatic hydroxyl groups is 1. The molecular weight excluding hydrogens is 459 g/mol. The molecule has 27 heavy (non-hydrogen) atoms. The van der Waals surface area contributed by atoms with Gasteiger partial charge in [-0.25, -0.2) is 0 Å². The van der Waals surface area contributed by atoms with Gasteiger partial charge in [0.2, 0.25) is 5.91 Å². The minimum atomic E-state index is 0. The summed E-state index contributed by atoms with van der Waals surface area (Å²) >= 11 is 0. The van der Waals surface area contributed by atoms with Gasteiger partial charge in [-0.1, -0.05) is 6.07 Å². The van der Waals surface area contributed by atoms with Crippen LogP contribution in [-0.4, -0.2) is 73.7 Å². The molecule has 0 spiro atoms. The van der Waals surface area contributed by atoms with Crippen molar-refractivity contribution in [1.82, 2.24) is 15.1 Å². The van der Waals surface area contributed by atoms with Crippen LogP contribution < -0.4 is 10.1 Å². The van der Waals surface area contributed by atoms with E-state index in [1.54, 1.807) is 18.1 Å². The highest BCUT2D eigenvalue weighted by Crippen LogP contribution is 2.23. The SMILES string of the molecule is CCNC(=NCCc1ccc(OC)cc1O)N(C)CC(=O)N(CC)CC.I. The van der Waals surface area contributed by atoms with Crippen molar-refractivity contribution in [3.05, 3.63) is 23.8 Å². The van der Waals surface area contributed by atoms with Gasteiger partial charge in [0.05, 0.1) is 13.7 Å². The normalized spacial score (nSPS) is 10.8. The third-order valence-electron chi connectivity index (χ3n) is 4.12. The molecule has 0 aliphatic carbocycles. The third kappa shape index (κ3) is 8.23. The Morgan fingerprint density at radius 1 is 1.26 bits per heavy atom. The number of benzene rings is 1. The average molecular weight is 492 g/mol. The van der Waals surface area contributed by atoms with E-state index in [1.807, 2.05) is 44.9 Å². The van der Waals surface area contributed by atoms with E-state index in [1.165, 1.54) is 0 Å². The molecule has 154 valence electrons. The Morgan fingerprint density at radius 2 is 1.93 bits per heavy atom. The molecule has 0 saturated heterocycles. The number of aliphatic imine (C=N–C) groups is 1. The van der Waals surface area contributed by atoms with Gasteiger partial charge >= 0.3 is 0 Å². The number of guanidine groups is 1. The van der Waals surface area contributed by atoms with Crippen molar-refractivity contribution in [2.24, 2.45) is 4.99 Å². The van der Waals surface area contributed by atoms with Gasteiger partial charge in [-0.15, -0.1) is 24.0 Å². The summed E-state index contributed by atoms with van der Waals surface area (Å²) in [6.07, 6.45) is 0.600. The summed E-state index contributed by atoms with van der Waals surface area (Å²) < 4.78 is 5.09. The van der Waals surface area contributed by atoms with E-state index in [2.05, 4.69) is 10.3 Å². The van der Waals surface area contributed by atoms with Gasteiger partial charge in [0.1, 0.15) is 11.5 Å². The Kier molecular flexibility index (Phi) is 12.6. The Morgan fingerprint density at radius 3 is 2.44 bits per heavy atom. The average Bonchev–Trinajstić information content (AvgIpc) is 2.63. The van der Waals surface area contributed by atoms with E-state index in [4.69, 9.17) is 4.74 Å². The van der Waals surface area contributed by atoms with Crippen molar-refractivity contribution < 1.29 is 14.6 Å². The quantitative estimate of drug-likeness (QED) is 0.315. The fraction of sp³-hybridized carbons (Fsp3) is 0.579. The van der Waals surface area contributed by atoms with Crippen LogP contribution >= 0.6 is 24.0 Å². The molecule has 1 aromatic carbocycles. The number of nitrogens with zero attached hydrogens (tertiary/aromatic N) is 3. The van der Waals surface area contributed by atoms with Crippen LogP contribution in [0.3, 0.4) is 0 Å². The van der Waals surface area contributed by atoms with Crippen LogP contribution in [0.25, 0.3) is 0 Å². The van der Waals surface area contributed by atoms with Crippen molar-refractivity contribution in [3.63, 3.8) is 0 Å². The Hall–Kier alpha value is -1.71. The molecule has 0 radical (unpaired) electrons. The Bertz CT molecular complexity index is 607. The number of phenols is 1.